The lowest BCUT2D eigenvalue weighted by Gasteiger charge is -2.19. The molecule has 3 N–H and O–H groups in total. The quantitative estimate of drug-likeness (QED) is 0.875. The topological polar surface area (TPSA) is 90.9 Å². The van der Waals surface area contributed by atoms with Gasteiger partial charge in [0.2, 0.25) is 5.95 Å². The predicted molar refractivity (Wildman–Crippen MR) is 79.3 cm³/mol. The standard InChI is InChI=1S/C14H16N6/c1-17-12-7-13(19-14(16)18-12)20(2)9-11-5-3-4-10(6-11)8-15/h3-7H,9H2,1-2H3,(H3,16,17,18,19). The molecule has 0 amide bonds. The van der Waals surface area contributed by atoms with Gasteiger partial charge >= 0.3 is 0 Å². The van der Waals surface area contributed by atoms with E-state index >= 15 is 0 Å². The van der Waals surface area contributed by atoms with Crippen LogP contribution in [0.25, 0.3) is 0 Å². The Balaban J connectivity index is 2.21. The first kappa shape index (κ1) is 13.6. The molecule has 0 unspecified atom stereocenters. The zero-order chi connectivity index (χ0) is 14.5. The van der Waals surface area contributed by atoms with Crippen LogP contribution in [0.15, 0.2) is 30.3 Å². The summed E-state index contributed by atoms with van der Waals surface area (Å²) in [6, 6.07) is 11.4. The third-order valence-corrected chi connectivity index (χ3v) is 2.85. The molecule has 1 aromatic heterocycles. The summed E-state index contributed by atoms with van der Waals surface area (Å²) in [7, 11) is 3.70. The second-order valence-electron chi connectivity index (χ2n) is 4.39. The summed E-state index contributed by atoms with van der Waals surface area (Å²) in [4.78, 5) is 10.2. The maximum Gasteiger partial charge on any atom is 0.223 e. The highest BCUT2D eigenvalue weighted by molar-refractivity contribution is 5.52. The van der Waals surface area contributed by atoms with Gasteiger partial charge in [-0.1, -0.05) is 12.1 Å². The van der Waals surface area contributed by atoms with Crippen molar-refractivity contribution in [2.24, 2.45) is 0 Å². The Kier molecular flexibility index (Phi) is 4.01. The van der Waals surface area contributed by atoms with Crippen LogP contribution < -0.4 is 16.0 Å². The van der Waals surface area contributed by atoms with Crippen LogP contribution in [-0.4, -0.2) is 24.1 Å². The zero-order valence-corrected chi connectivity index (χ0v) is 11.5. The number of nitriles is 1. The number of nitrogens with one attached hydrogen (secondary N) is 1. The van der Waals surface area contributed by atoms with Crippen LogP contribution in [-0.2, 0) is 6.54 Å². The third-order valence-electron chi connectivity index (χ3n) is 2.85. The second kappa shape index (κ2) is 5.89. The van der Waals surface area contributed by atoms with Crippen molar-refractivity contribution in [1.82, 2.24) is 9.97 Å². The number of nitrogens with two attached hydrogens (primary N) is 1. The average molecular weight is 268 g/mol. The molecule has 0 atom stereocenters. The maximum absolute atomic E-state index is 8.91. The lowest BCUT2D eigenvalue weighted by molar-refractivity contribution is 0.894. The molecule has 0 saturated heterocycles. The molecule has 0 aliphatic rings. The van der Waals surface area contributed by atoms with Crippen molar-refractivity contribution in [3.05, 3.63) is 41.5 Å². The average Bonchev–Trinajstić information content (AvgIpc) is 2.46. The fourth-order valence-electron chi connectivity index (χ4n) is 1.87. The largest absolute Gasteiger partial charge is 0.373 e. The summed E-state index contributed by atoms with van der Waals surface area (Å²) in [6.07, 6.45) is 0. The summed E-state index contributed by atoms with van der Waals surface area (Å²) in [5, 5.41) is 11.9. The summed E-state index contributed by atoms with van der Waals surface area (Å²) in [5.41, 5.74) is 7.36. The Hall–Kier alpha value is -2.81. The summed E-state index contributed by atoms with van der Waals surface area (Å²) >= 11 is 0. The highest BCUT2D eigenvalue weighted by atomic mass is 15.2. The lowest BCUT2D eigenvalue weighted by Crippen LogP contribution is -2.19. The number of nitrogens with zero attached hydrogens (tertiary/aromatic N) is 4. The van der Waals surface area contributed by atoms with Gasteiger partial charge in [-0.05, 0) is 17.7 Å². The molecule has 0 fully saturated rings. The second-order valence-corrected chi connectivity index (χ2v) is 4.39. The molecule has 6 nitrogen and oxygen atoms in total. The highest BCUT2D eigenvalue weighted by Crippen LogP contribution is 2.17. The maximum atomic E-state index is 8.91. The third kappa shape index (κ3) is 3.14. The van der Waals surface area contributed by atoms with Crippen molar-refractivity contribution >= 4 is 17.6 Å². The van der Waals surface area contributed by atoms with Crippen molar-refractivity contribution in [3.8, 4) is 6.07 Å². The smallest absolute Gasteiger partial charge is 0.223 e. The number of anilines is 3. The molecule has 0 radical (unpaired) electrons. The monoisotopic (exact) mass is 268 g/mol. The van der Waals surface area contributed by atoms with E-state index in [1.165, 1.54) is 0 Å². The van der Waals surface area contributed by atoms with E-state index in [0.29, 0.717) is 17.9 Å². The first-order valence-electron chi connectivity index (χ1n) is 6.15. The van der Waals surface area contributed by atoms with Crippen LogP contribution in [0.4, 0.5) is 17.6 Å². The molecule has 2 aromatic rings. The van der Waals surface area contributed by atoms with E-state index in [1.54, 1.807) is 13.1 Å². The number of aromatic nitrogens is 2. The SMILES string of the molecule is CNc1cc(N(C)Cc2cccc(C#N)c2)nc(N)n1. The number of hydrogen-bond donors (Lipinski definition) is 2. The number of rotatable bonds is 4. The Morgan fingerprint density at radius 1 is 1.35 bits per heavy atom. The summed E-state index contributed by atoms with van der Waals surface area (Å²) < 4.78 is 0. The van der Waals surface area contributed by atoms with Crippen molar-refractivity contribution in [2.75, 3.05) is 30.0 Å². The van der Waals surface area contributed by atoms with Crippen molar-refractivity contribution in [1.29, 1.82) is 5.26 Å². The minimum Gasteiger partial charge on any atom is -0.373 e. The van der Waals surface area contributed by atoms with Crippen molar-refractivity contribution in [2.45, 2.75) is 6.54 Å². The molecule has 0 bridgehead atoms. The first-order chi connectivity index (χ1) is 9.62. The van der Waals surface area contributed by atoms with E-state index in [0.717, 1.165) is 11.4 Å². The minimum atomic E-state index is 0.226. The molecule has 0 aliphatic carbocycles. The Labute approximate surface area is 117 Å². The van der Waals surface area contributed by atoms with Crippen LogP contribution in [0, 0.1) is 11.3 Å². The Bertz CT molecular complexity index is 646. The van der Waals surface area contributed by atoms with E-state index in [9.17, 15) is 0 Å². The van der Waals surface area contributed by atoms with Crippen LogP contribution in [0.3, 0.4) is 0 Å². The molecule has 0 spiro atoms. The lowest BCUT2D eigenvalue weighted by atomic mass is 10.1. The molecule has 1 heterocycles. The Morgan fingerprint density at radius 3 is 2.85 bits per heavy atom. The number of nitrogen functional groups attached to an aromatic ring is 1. The van der Waals surface area contributed by atoms with Gasteiger partial charge in [-0.15, -0.1) is 0 Å². The summed E-state index contributed by atoms with van der Waals surface area (Å²) in [6.45, 7) is 0.634. The first-order valence-corrected chi connectivity index (χ1v) is 6.15. The van der Waals surface area contributed by atoms with E-state index in [-0.39, 0.29) is 5.95 Å². The molecule has 20 heavy (non-hydrogen) atoms. The molecule has 6 heteroatoms. The van der Waals surface area contributed by atoms with Crippen molar-refractivity contribution < 1.29 is 0 Å². The van der Waals surface area contributed by atoms with Gasteiger partial charge in [0.1, 0.15) is 11.6 Å². The van der Waals surface area contributed by atoms with E-state index < -0.39 is 0 Å². The fraction of sp³-hybridized carbons (Fsp3) is 0.214. The van der Waals surface area contributed by atoms with E-state index in [2.05, 4.69) is 21.4 Å². The highest BCUT2D eigenvalue weighted by Gasteiger charge is 2.07. The molecule has 1 aromatic carbocycles. The number of hydrogen-bond acceptors (Lipinski definition) is 6. The fourth-order valence-corrected chi connectivity index (χ4v) is 1.87. The zero-order valence-electron chi connectivity index (χ0n) is 11.5. The van der Waals surface area contributed by atoms with Crippen LogP contribution in [0.1, 0.15) is 11.1 Å². The van der Waals surface area contributed by atoms with E-state index in [4.69, 9.17) is 11.0 Å². The molecule has 102 valence electrons. The van der Waals surface area contributed by atoms with Crippen LogP contribution in [0.5, 0.6) is 0 Å². The van der Waals surface area contributed by atoms with Gasteiger partial charge in [-0.25, -0.2) is 0 Å². The molecule has 0 aliphatic heterocycles. The number of benzene rings is 1. The molecule has 2 rings (SSSR count). The molecular weight excluding hydrogens is 252 g/mol. The van der Waals surface area contributed by atoms with Crippen LogP contribution in [0.2, 0.25) is 0 Å². The van der Waals surface area contributed by atoms with Gasteiger partial charge in [0, 0.05) is 26.7 Å². The molecular formula is C14H16N6. The summed E-state index contributed by atoms with van der Waals surface area (Å²) in [5.74, 6) is 1.62. The van der Waals surface area contributed by atoms with Gasteiger partial charge in [0.15, 0.2) is 0 Å². The van der Waals surface area contributed by atoms with Gasteiger partial charge in [0.05, 0.1) is 11.6 Å². The van der Waals surface area contributed by atoms with Gasteiger partial charge in [-0.2, -0.15) is 15.2 Å². The minimum absolute atomic E-state index is 0.226. The van der Waals surface area contributed by atoms with Crippen LogP contribution >= 0.6 is 0 Å². The van der Waals surface area contributed by atoms with Gasteiger partial charge < -0.3 is 16.0 Å². The van der Waals surface area contributed by atoms with Gasteiger partial charge in [-0.3, -0.25) is 0 Å². The normalized spacial score (nSPS) is 9.85. The molecule has 0 saturated carbocycles. The Morgan fingerprint density at radius 2 is 2.15 bits per heavy atom. The van der Waals surface area contributed by atoms with E-state index in [1.807, 2.05) is 36.2 Å². The van der Waals surface area contributed by atoms with Gasteiger partial charge in [0.25, 0.3) is 0 Å². The predicted octanol–water partition coefficient (Wildman–Crippen LogP) is 1.61. The van der Waals surface area contributed by atoms with Crippen molar-refractivity contribution in [3.63, 3.8) is 0 Å².